The van der Waals surface area contributed by atoms with E-state index in [1.165, 1.54) is 31.0 Å². The van der Waals surface area contributed by atoms with Crippen molar-refractivity contribution in [3.63, 3.8) is 0 Å². The summed E-state index contributed by atoms with van der Waals surface area (Å²) in [4.78, 5) is 13.1. The minimum absolute atomic E-state index is 0.0881. The molecule has 1 aromatic heterocycles. The molecular weight excluding hydrogens is 359 g/mol. The number of carboxylic acid groups (broad SMARTS) is 1. The standard InChI is InChI=1S/C16H10ClFO3S2/c1-21-12-6-10-13(7-11(12)18)23-15(16(19)20)14(10)22-9-4-2-8(17)3-5-9/h2-7H,1H3,(H,19,20). The second kappa shape index (κ2) is 6.39. The predicted octanol–water partition coefficient (Wildman–Crippen LogP) is 5.55. The van der Waals surface area contributed by atoms with Crippen molar-refractivity contribution >= 4 is 50.8 Å². The van der Waals surface area contributed by atoms with Crippen LogP contribution >= 0.6 is 34.7 Å². The van der Waals surface area contributed by atoms with Gasteiger partial charge in [-0.3, -0.25) is 0 Å². The molecule has 2 aromatic carbocycles. The molecule has 0 fully saturated rings. The van der Waals surface area contributed by atoms with Crippen LogP contribution in [0.5, 0.6) is 5.75 Å². The summed E-state index contributed by atoms with van der Waals surface area (Å²) < 4.78 is 19.4. The molecule has 0 aliphatic carbocycles. The first-order valence-corrected chi connectivity index (χ1v) is 8.47. The molecule has 0 bridgehead atoms. The Labute approximate surface area is 144 Å². The molecular formula is C16H10ClFO3S2. The van der Waals surface area contributed by atoms with Gasteiger partial charge in [0, 0.05) is 24.9 Å². The molecule has 0 saturated heterocycles. The molecule has 0 unspecified atom stereocenters. The van der Waals surface area contributed by atoms with Crippen molar-refractivity contribution in [3.05, 3.63) is 52.1 Å². The van der Waals surface area contributed by atoms with Crippen LogP contribution < -0.4 is 4.74 Å². The van der Waals surface area contributed by atoms with Gasteiger partial charge < -0.3 is 9.84 Å². The highest BCUT2D eigenvalue weighted by atomic mass is 35.5. The van der Waals surface area contributed by atoms with Crippen LogP contribution in [0, 0.1) is 5.82 Å². The Morgan fingerprint density at radius 3 is 2.61 bits per heavy atom. The Kier molecular flexibility index (Phi) is 4.48. The minimum atomic E-state index is -1.04. The second-order valence-corrected chi connectivity index (χ2v) is 7.18. The fourth-order valence-electron chi connectivity index (χ4n) is 2.09. The molecule has 0 amide bonds. The number of aromatic carboxylic acids is 1. The molecule has 23 heavy (non-hydrogen) atoms. The first-order valence-electron chi connectivity index (χ1n) is 6.46. The number of rotatable bonds is 4. The van der Waals surface area contributed by atoms with Crippen molar-refractivity contribution in [1.29, 1.82) is 0 Å². The van der Waals surface area contributed by atoms with Crippen LogP contribution in [0.25, 0.3) is 10.1 Å². The van der Waals surface area contributed by atoms with Crippen LogP contribution in [0.3, 0.4) is 0 Å². The molecule has 0 atom stereocenters. The topological polar surface area (TPSA) is 46.5 Å². The molecule has 1 heterocycles. The fourth-order valence-corrected chi connectivity index (χ4v) is 4.45. The lowest BCUT2D eigenvalue weighted by molar-refractivity contribution is 0.0699. The number of benzene rings is 2. The summed E-state index contributed by atoms with van der Waals surface area (Å²) in [7, 11) is 1.38. The number of carboxylic acids is 1. The van der Waals surface area contributed by atoms with E-state index in [0.29, 0.717) is 20.0 Å². The minimum Gasteiger partial charge on any atom is -0.494 e. The predicted molar refractivity (Wildman–Crippen MR) is 90.9 cm³/mol. The Bertz CT molecular complexity index is 890. The van der Waals surface area contributed by atoms with Crippen LogP contribution in [0.4, 0.5) is 4.39 Å². The SMILES string of the molecule is COc1cc2c(Sc3ccc(Cl)cc3)c(C(=O)O)sc2cc1F. The highest BCUT2D eigenvalue weighted by Gasteiger charge is 2.21. The summed E-state index contributed by atoms with van der Waals surface area (Å²) >= 11 is 8.22. The zero-order valence-corrected chi connectivity index (χ0v) is 14.2. The van der Waals surface area contributed by atoms with E-state index in [1.54, 1.807) is 12.1 Å². The van der Waals surface area contributed by atoms with Crippen molar-refractivity contribution in [2.45, 2.75) is 9.79 Å². The lowest BCUT2D eigenvalue weighted by Gasteiger charge is -2.05. The van der Waals surface area contributed by atoms with Gasteiger partial charge in [0.15, 0.2) is 11.6 Å². The van der Waals surface area contributed by atoms with E-state index < -0.39 is 11.8 Å². The maximum absolute atomic E-state index is 13.8. The van der Waals surface area contributed by atoms with Gasteiger partial charge in [0.25, 0.3) is 0 Å². The first-order chi connectivity index (χ1) is 11.0. The Morgan fingerprint density at radius 1 is 1.30 bits per heavy atom. The fraction of sp³-hybridized carbons (Fsp3) is 0.0625. The quantitative estimate of drug-likeness (QED) is 0.655. The van der Waals surface area contributed by atoms with Crippen LogP contribution in [0.15, 0.2) is 46.2 Å². The molecule has 0 saturated carbocycles. The largest absolute Gasteiger partial charge is 0.494 e. The maximum atomic E-state index is 13.8. The van der Waals surface area contributed by atoms with E-state index in [1.807, 2.05) is 12.1 Å². The van der Waals surface area contributed by atoms with E-state index >= 15 is 0 Å². The number of ether oxygens (including phenoxy) is 1. The monoisotopic (exact) mass is 368 g/mol. The summed E-state index contributed by atoms with van der Waals surface area (Å²) in [6, 6.07) is 9.92. The van der Waals surface area contributed by atoms with Gasteiger partial charge in [0.05, 0.1) is 7.11 Å². The molecule has 3 rings (SSSR count). The van der Waals surface area contributed by atoms with Gasteiger partial charge in [-0.1, -0.05) is 23.4 Å². The molecule has 1 N–H and O–H groups in total. The highest BCUT2D eigenvalue weighted by Crippen LogP contribution is 2.43. The number of hydrogen-bond donors (Lipinski definition) is 1. The molecule has 0 spiro atoms. The number of hydrogen-bond acceptors (Lipinski definition) is 4. The molecule has 3 nitrogen and oxygen atoms in total. The van der Waals surface area contributed by atoms with E-state index in [2.05, 4.69) is 0 Å². The zero-order chi connectivity index (χ0) is 16.6. The van der Waals surface area contributed by atoms with E-state index in [9.17, 15) is 14.3 Å². The lowest BCUT2D eigenvalue weighted by atomic mass is 10.2. The van der Waals surface area contributed by atoms with Gasteiger partial charge >= 0.3 is 5.97 Å². The van der Waals surface area contributed by atoms with Gasteiger partial charge in [-0.25, -0.2) is 9.18 Å². The lowest BCUT2D eigenvalue weighted by Crippen LogP contribution is -1.93. The van der Waals surface area contributed by atoms with Crippen molar-refractivity contribution < 1.29 is 19.0 Å². The van der Waals surface area contributed by atoms with Gasteiger partial charge in [-0.2, -0.15) is 0 Å². The third kappa shape index (κ3) is 3.15. The zero-order valence-electron chi connectivity index (χ0n) is 11.8. The van der Waals surface area contributed by atoms with Crippen molar-refractivity contribution in [2.24, 2.45) is 0 Å². The molecule has 3 aromatic rings. The summed E-state index contributed by atoms with van der Waals surface area (Å²) in [5.41, 5.74) is 0. The third-order valence-electron chi connectivity index (χ3n) is 3.14. The van der Waals surface area contributed by atoms with Gasteiger partial charge in [-0.15, -0.1) is 11.3 Å². The van der Waals surface area contributed by atoms with Gasteiger partial charge in [0.1, 0.15) is 4.88 Å². The van der Waals surface area contributed by atoms with E-state index in [0.717, 1.165) is 16.2 Å². The van der Waals surface area contributed by atoms with Crippen LogP contribution in [-0.2, 0) is 0 Å². The Hall–Kier alpha value is -1.76. The Morgan fingerprint density at radius 2 is 2.00 bits per heavy atom. The van der Waals surface area contributed by atoms with E-state index in [-0.39, 0.29) is 10.6 Å². The highest BCUT2D eigenvalue weighted by molar-refractivity contribution is 7.99. The first kappa shape index (κ1) is 16.1. The summed E-state index contributed by atoms with van der Waals surface area (Å²) in [6.07, 6.45) is 0. The molecule has 0 aliphatic heterocycles. The molecule has 118 valence electrons. The van der Waals surface area contributed by atoms with Crippen molar-refractivity contribution in [3.8, 4) is 5.75 Å². The number of halogens is 2. The smallest absolute Gasteiger partial charge is 0.347 e. The number of carbonyl (C=O) groups is 1. The normalized spacial score (nSPS) is 10.9. The summed E-state index contributed by atoms with van der Waals surface area (Å²) in [6.45, 7) is 0. The number of methoxy groups -OCH3 is 1. The average Bonchev–Trinajstić information content (AvgIpc) is 2.86. The van der Waals surface area contributed by atoms with Crippen molar-refractivity contribution in [2.75, 3.05) is 7.11 Å². The average molecular weight is 369 g/mol. The second-order valence-electron chi connectivity index (χ2n) is 4.60. The Balaban J connectivity index is 2.17. The van der Waals surface area contributed by atoms with Crippen molar-refractivity contribution in [1.82, 2.24) is 0 Å². The molecule has 0 aliphatic rings. The summed E-state index contributed by atoms with van der Waals surface area (Å²) in [5.74, 6) is -1.46. The van der Waals surface area contributed by atoms with Crippen LogP contribution in [0.2, 0.25) is 5.02 Å². The maximum Gasteiger partial charge on any atom is 0.347 e. The van der Waals surface area contributed by atoms with Crippen LogP contribution in [-0.4, -0.2) is 18.2 Å². The van der Waals surface area contributed by atoms with Crippen LogP contribution in [0.1, 0.15) is 9.67 Å². The number of fused-ring (bicyclic) bond motifs is 1. The van der Waals surface area contributed by atoms with Gasteiger partial charge in [-0.05, 0) is 36.4 Å². The van der Waals surface area contributed by atoms with Gasteiger partial charge in [0.2, 0.25) is 0 Å². The third-order valence-corrected chi connectivity index (χ3v) is 5.80. The van der Waals surface area contributed by atoms with E-state index in [4.69, 9.17) is 16.3 Å². The summed E-state index contributed by atoms with van der Waals surface area (Å²) in [5, 5.41) is 10.7. The number of thiophene rings is 1. The molecule has 0 radical (unpaired) electrons. The molecule has 7 heteroatoms.